The number of nitrogens with one attached hydrogen (secondary N) is 1. The quantitative estimate of drug-likeness (QED) is 0.287. The molecule has 7 rings (SSSR count). The molecule has 1 aromatic heterocycles. The Hall–Kier alpha value is -3.73. The summed E-state index contributed by atoms with van der Waals surface area (Å²) in [5.41, 5.74) is 4.20. The second-order valence-electron chi connectivity index (χ2n) is 14.1. The number of aryl methyl sites for hydroxylation is 2. The number of hydrogen-bond acceptors (Lipinski definition) is 7. The van der Waals surface area contributed by atoms with Crippen molar-refractivity contribution in [2.75, 3.05) is 37.5 Å². The number of methoxy groups -OCH3 is 1. The van der Waals surface area contributed by atoms with Gasteiger partial charge in [-0.15, -0.1) is 4.36 Å². The lowest BCUT2D eigenvalue weighted by atomic mass is 9.68. The average molecular weight is 717 g/mol. The van der Waals surface area contributed by atoms with Gasteiger partial charge in [-0.2, -0.15) is 0 Å². The van der Waals surface area contributed by atoms with Crippen LogP contribution >= 0.6 is 11.6 Å². The Kier molecular flexibility index (Phi) is 10.3. The second-order valence-corrected chi connectivity index (χ2v) is 16.7. The van der Waals surface area contributed by atoms with Gasteiger partial charge in [-0.25, -0.2) is 4.21 Å². The van der Waals surface area contributed by atoms with E-state index in [-0.39, 0.29) is 23.7 Å². The highest BCUT2D eigenvalue weighted by Gasteiger charge is 2.44. The van der Waals surface area contributed by atoms with Gasteiger partial charge in [0, 0.05) is 54.5 Å². The molecule has 50 heavy (non-hydrogen) atoms. The number of fused-ring (bicyclic) bond motifs is 4. The van der Waals surface area contributed by atoms with Crippen molar-refractivity contribution in [1.29, 1.82) is 0 Å². The van der Waals surface area contributed by atoms with Gasteiger partial charge in [0.05, 0.1) is 24.2 Å². The van der Waals surface area contributed by atoms with Gasteiger partial charge < -0.3 is 14.4 Å². The summed E-state index contributed by atoms with van der Waals surface area (Å²) in [5, 5.41) is 0.743. The first-order valence-electron chi connectivity index (χ1n) is 17.7. The lowest BCUT2D eigenvalue weighted by Crippen LogP contribution is -2.49. The van der Waals surface area contributed by atoms with Crippen LogP contribution in [0.5, 0.6) is 5.75 Å². The number of hydrogen-bond donors (Lipinski definition) is 1. The number of nitrogens with zero attached hydrogens (tertiary/aromatic N) is 3. The van der Waals surface area contributed by atoms with Gasteiger partial charge in [0.2, 0.25) is 5.91 Å². The normalized spacial score (nSPS) is 28.6. The van der Waals surface area contributed by atoms with Crippen LogP contribution in [0.1, 0.15) is 72.1 Å². The van der Waals surface area contributed by atoms with E-state index in [9.17, 15) is 13.8 Å². The third-order valence-corrected chi connectivity index (χ3v) is 12.9. The minimum Gasteiger partial charge on any atom is -0.490 e. The highest BCUT2D eigenvalue weighted by molar-refractivity contribution is 7.92. The summed E-state index contributed by atoms with van der Waals surface area (Å²) in [6.45, 7) is 2.03. The minimum atomic E-state index is -3.41. The summed E-state index contributed by atoms with van der Waals surface area (Å²) in [4.78, 5) is 33.6. The molecular weight excluding hydrogens is 672 g/mol. The second kappa shape index (κ2) is 14.9. The lowest BCUT2D eigenvalue weighted by molar-refractivity contribution is -0.119. The van der Waals surface area contributed by atoms with E-state index in [1.54, 1.807) is 19.4 Å². The van der Waals surface area contributed by atoms with Crippen molar-refractivity contribution in [3.8, 4) is 5.75 Å². The van der Waals surface area contributed by atoms with Gasteiger partial charge in [0.15, 0.2) is 0 Å². The zero-order chi connectivity index (χ0) is 34.7. The van der Waals surface area contributed by atoms with Crippen molar-refractivity contribution in [3.63, 3.8) is 0 Å². The van der Waals surface area contributed by atoms with Gasteiger partial charge in [0.25, 0.3) is 5.91 Å². The number of rotatable bonds is 5. The molecule has 2 bridgehead atoms. The molecule has 9 nitrogen and oxygen atoms in total. The predicted octanol–water partition coefficient (Wildman–Crippen LogP) is 6.87. The van der Waals surface area contributed by atoms with E-state index >= 15 is 0 Å². The first-order valence-corrected chi connectivity index (χ1v) is 19.8. The molecule has 2 aromatic carbocycles. The van der Waals surface area contributed by atoms with E-state index in [1.165, 1.54) is 11.1 Å². The standard InChI is InChI=1S/C39H45ClN4O5S/c1-48-35-10-3-2-6-21-50(47,42-37(45)18-14-31-9-4-5-20-41-31)43-38(46)28-12-17-36-34(23-28)44(24-29-11-15-32(29)35)25-39(26-49-36)19-7-8-27-22-30(40)13-16-33(27)39/h3-5,9-10,12-13,16-17,20,22-23,29,32,35H,2,6-8,11,14-15,18-19,21,24-26H2,1H3,(H,42,43,45,46,47)/b10-3+/t29-,32+,35-,39-,50?/m0/s1. The number of carbonyl (C=O) groups is 2. The summed E-state index contributed by atoms with van der Waals surface area (Å²) in [5.74, 6) is 0.462. The van der Waals surface area contributed by atoms with E-state index in [4.69, 9.17) is 21.1 Å². The molecule has 2 amide bonds. The monoisotopic (exact) mass is 716 g/mol. The zero-order valence-corrected chi connectivity index (χ0v) is 30.1. The fourth-order valence-corrected chi connectivity index (χ4v) is 9.95. The molecule has 2 aliphatic heterocycles. The van der Waals surface area contributed by atoms with Crippen molar-refractivity contribution in [2.45, 2.75) is 69.3 Å². The Labute approximate surface area is 300 Å². The van der Waals surface area contributed by atoms with Gasteiger partial charge in [-0.3, -0.25) is 19.3 Å². The van der Waals surface area contributed by atoms with Crippen molar-refractivity contribution in [2.24, 2.45) is 16.2 Å². The molecule has 1 saturated carbocycles. The zero-order valence-electron chi connectivity index (χ0n) is 28.5. The number of pyridine rings is 1. The summed E-state index contributed by atoms with van der Waals surface area (Å²) < 4.78 is 33.8. The van der Waals surface area contributed by atoms with Crippen LogP contribution in [-0.4, -0.2) is 59.7 Å². The van der Waals surface area contributed by atoms with Gasteiger partial charge in [-0.1, -0.05) is 35.9 Å². The summed E-state index contributed by atoms with van der Waals surface area (Å²) in [7, 11) is -1.65. The number of ether oxygens (including phenoxy) is 2. The maximum Gasteiger partial charge on any atom is 0.286 e. The van der Waals surface area contributed by atoms with Crippen molar-refractivity contribution < 1.29 is 23.3 Å². The molecule has 5 atom stereocenters. The highest BCUT2D eigenvalue weighted by Crippen LogP contribution is 2.47. The summed E-state index contributed by atoms with van der Waals surface area (Å²) in [6, 6.07) is 17.1. The third-order valence-electron chi connectivity index (χ3n) is 10.9. The van der Waals surface area contributed by atoms with Crippen LogP contribution in [-0.2, 0) is 37.7 Å². The van der Waals surface area contributed by atoms with E-state index in [0.717, 1.165) is 61.6 Å². The summed E-state index contributed by atoms with van der Waals surface area (Å²) >= 11 is 6.45. The molecule has 11 heteroatoms. The fraction of sp³-hybridized carbons (Fsp3) is 0.462. The Bertz CT molecular complexity index is 1890. The largest absolute Gasteiger partial charge is 0.490 e. The molecule has 3 heterocycles. The molecule has 3 aromatic rings. The number of halogens is 1. The van der Waals surface area contributed by atoms with E-state index < -0.39 is 21.7 Å². The Balaban J connectivity index is 1.24. The molecule has 1 fully saturated rings. The van der Waals surface area contributed by atoms with Gasteiger partial charge in [0.1, 0.15) is 15.7 Å². The number of anilines is 1. The highest BCUT2D eigenvalue weighted by atomic mass is 35.5. The van der Waals surface area contributed by atoms with Crippen LogP contribution in [0.4, 0.5) is 5.69 Å². The molecule has 0 radical (unpaired) electrons. The van der Waals surface area contributed by atoms with Crippen LogP contribution < -0.4 is 14.4 Å². The molecule has 264 valence electrons. The summed E-state index contributed by atoms with van der Waals surface area (Å²) in [6.07, 6.45) is 12.6. The number of allylic oxidation sites excluding steroid dienone is 1. The van der Waals surface area contributed by atoms with Crippen molar-refractivity contribution in [1.82, 2.24) is 9.71 Å². The number of benzene rings is 2. The molecule has 1 spiro atoms. The first-order chi connectivity index (χ1) is 24.2. The van der Waals surface area contributed by atoms with Crippen LogP contribution in [0.25, 0.3) is 0 Å². The number of carbonyl (C=O) groups excluding carboxylic acids is 2. The molecule has 4 aliphatic rings. The number of amides is 2. The number of aromatic nitrogens is 1. The first kappa shape index (κ1) is 34.7. The average Bonchev–Trinajstić information content (AvgIpc) is 3.25. The molecule has 2 aliphatic carbocycles. The van der Waals surface area contributed by atoms with E-state index in [0.29, 0.717) is 49.0 Å². The lowest BCUT2D eigenvalue weighted by Gasteiger charge is -2.46. The minimum absolute atomic E-state index is 0.0379. The van der Waals surface area contributed by atoms with Gasteiger partial charge in [-0.05, 0) is 117 Å². The SMILES string of the molecule is CO[C@H]1/C=C/CCCS(=O)(NC(=O)CCc2ccccn2)=NC(=O)c2ccc3c(c2)N(C[C@@H]2CC[C@H]21)C[C@@]1(CCCc2cc(Cl)ccc21)CO3. The topological polar surface area (TPSA) is 110 Å². The maximum absolute atomic E-state index is 14.2. The Morgan fingerprint density at radius 1 is 1.16 bits per heavy atom. The van der Waals surface area contributed by atoms with Crippen LogP contribution in [0, 0.1) is 11.8 Å². The van der Waals surface area contributed by atoms with E-state index in [2.05, 4.69) is 43.3 Å². The fourth-order valence-electron chi connectivity index (χ4n) is 8.13. The molecular formula is C39H45ClN4O5S. The van der Waals surface area contributed by atoms with E-state index in [1.807, 2.05) is 36.4 Å². The molecule has 0 saturated heterocycles. The Morgan fingerprint density at radius 3 is 2.86 bits per heavy atom. The predicted molar refractivity (Wildman–Crippen MR) is 196 cm³/mol. The Morgan fingerprint density at radius 2 is 2.06 bits per heavy atom. The van der Waals surface area contributed by atoms with Crippen molar-refractivity contribution >= 4 is 39.0 Å². The van der Waals surface area contributed by atoms with Crippen LogP contribution in [0.3, 0.4) is 0 Å². The smallest absolute Gasteiger partial charge is 0.286 e. The molecule has 1 N–H and O–H groups in total. The third kappa shape index (κ3) is 7.48. The van der Waals surface area contributed by atoms with Crippen LogP contribution in [0.2, 0.25) is 5.02 Å². The maximum atomic E-state index is 14.2. The van der Waals surface area contributed by atoms with Gasteiger partial charge >= 0.3 is 0 Å². The van der Waals surface area contributed by atoms with Crippen molar-refractivity contribution in [3.05, 3.63) is 100 Å². The van der Waals surface area contributed by atoms with Crippen LogP contribution in [0.15, 0.2) is 77.3 Å². The molecule has 1 unspecified atom stereocenters.